The first kappa shape index (κ1) is 18.4. The van der Waals surface area contributed by atoms with E-state index in [9.17, 15) is 0 Å². The monoisotopic (exact) mass is 394 g/mol. The van der Waals surface area contributed by atoms with E-state index in [0.29, 0.717) is 24.0 Å². The minimum Gasteiger partial charge on any atom is -0.298 e. The summed E-state index contributed by atoms with van der Waals surface area (Å²) in [5.41, 5.74) is 4.41. The number of hydrogen-bond acceptors (Lipinski definition) is 2. The van der Waals surface area contributed by atoms with E-state index in [0.717, 1.165) is 12.5 Å². The Morgan fingerprint density at radius 2 is 1.20 bits per heavy atom. The molecular weight excluding hydrogens is 364 g/mol. The predicted molar refractivity (Wildman–Crippen MR) is 122 cm³/mol. The molecule has 0 radical (unpaired) electrons. The number of benzene rings is 3. The largest absolute Gasteiger partial charge is 0.298 e. The van der Waals surface area contributed by atoms with Gasteiger partial charge in [-0.15, -0.1) is 0 Å². The minimum absolute atomic E-state index is 0.421. The molecule has 0 saturated carbocycles. The first-order chi connectivity index (χ1) is 14.9. The van der Waals surface area contributed by atoms with Crippen LogP contribution in [-0.4, -0.2) is 35.0 Å². The molecule has 0 spiro atoms. The van der Waals surface area contributed by atoms with Crippen molar-refractivity contribution in [1.82, 2.24) is 9.80 Å². The molecule has 4 atom stereocenters. The summed E-state index contributed by atoms with van der Waals surface area (Å²) in [4.78, 5) is 5.70. The normalized spacial score (nSPS) is 32.8. The molecule has 4 aliphatic rings. The Bertz CT molecular complexity index is 963. The third-order valence-corrected chi connectivity index (χ3v) is 7.81. The summed E-state index contributed by atoms with van der Waals surface area (Å²) in [6.45, 7) is 3.58. The van der Waals surface area contributed by atoms with E-state index >= 15 is 0 Å². The molecule has 0 aliphatic carbocycles. The summed E-state index contributed by atoms with van der Waals surface area (Å²) in [6.07, 6.45) is 2.71. The third-order valence-electron chi connectivity index (χ3n) is 7.81. The van der Waals surface area contributed by atoms with E-state index in [-0.39, 0.29) is 0 Å². The van der Waals surface area contributed by atoms with Crippen LogP contribution in [0.2, 0.25) is 0 Å². The molecule has 30 heavy (non-hydrogen) atoms. The Hall–Kier alpha value is -2.42. The lowest BCUT2D eigenvalue weighted by atomic mass is 9.74. The molecule has 0 N–H and O–H groups in total. The van der Waals surface area contributed by atoms with Gasteiger partial charge in [-0.3, -0.25) is 9.80 Å². The maximum absolute atomic E-state index is 2.88. The van der Waals surface area contributed by atoms with Gasteiger partial charge in [-0.2, -0.15) is 0 Å². The van der Waals surface area contributed by atoms with Gasteiger partial charge in [0, 0.05) is 30.6 Å². The number of hydrogen-bond donors (Lipinski definition) is 0. The average Bonchev–Trinajstić information content (AvgIpc) is 3.18. The van der Waals surface area contributed by atoms with Crippen molar-refractivity contribution >= 4 is 0 Å². The van der Waals surface area contributed by atoms with Crippen LogP contribution in [0, 0.1) is 5.92 Å². The molecule has 0 amide bonds. The molecule has 0 aromatic heterocycles. The maximum Gasteiger partial charge on any atom is 0.0439 e. The molecule has 2 heteroatoms. The van der Waals surface area contributed by atoms with Gasteiger partial charge < -0.3 is 0 Å². The molecule has 4 aliphatic heterocycles. The van der Waals surface area contributed by atoms with Crippen LogP contribution in [0.15, 0.2) is 91.0 Å². The Morgan fingerprint density at radius 1 is 0.633 bits per heavy atom. The van der Waals surface area contributed by atoms with E-state index in [2.05, 4.69) is 101 Å². The van der Waals surface area contributed by atoms with Gasteiger partial charge in [0.05, 0.1) is 0 Å². The van der Waals surface area contributed by atoms with Crippen molar-refractivity contribution in [3.05, 3.63) is 108 Å². The van der Waals surface area contributed by atoms with Gasteiger partial charge >= 0.3 is 0 Å². The average molecular weight is 395 g/mol. The predicted octanol–water partition coefficient (Wildman–Crippen LogP) is 5.49. The van der Waals surface area contributed by atoms with Crippen LogP contribution >= 0.6 is 0 Å². The second-order valence-electron chi connectivity index (χ2n) is 9.30. The standard InChI is InChI=1S/C28H30N2/c1-4-10-21(11-5-1)20-30-26(23-14-8-3-9-15-23)25(22-12-6-2-7-13-22)28-27(30)24-16-18-29(28)19-17-24/h1-15,24-28H,16-20H2/t25-,26-,27+,28+/m1/s1. The number of nitrogens with zero attached hydrogens (tertiary/aromatic N) is 2. The molecule has 2 bridgehead atoms. The topological polar surface area (TPSA) is 6.48 Å². The van der Waals surface area contributed by atoms with Crippen molar-refractivity contribution in [2.45, 2.75) is 43.4 Å². The minimum atomic E-state index is 0.421. The fraction of sp³-hybridized carbons (Fsp3) is 0.357. The van der Waals surface area contributed by atoms with E-state index < -0.39 is 0 Å². The van der Waals surface area contributed by atoms with Crippen molar-refractivity contribution in [3.8, 4) is 0 Å². The van der Waals surface area contributed by atoms with Gasteiger partial charge in [0.2, 0.25) is 0 Å². The second kappa shape index (κ2) is 7.68. The van der Waals surface area contributed by atoms with Crippen LogP contribution in [0.5, 0.6) is 0 Å². The summed E-state index contributed by atoms with van der Waals surface area (Å²) in [7, 11) is 0. The van der Waals surface area contributed by atoms with Crippen LogP contribution in [-0.2, 0) is 6.54 Å². The number of piperidine rings is 3. The van der Waals surface area contributed by atoms with Crippen molar-refractivity contribution in [1.29, 1.82) is 0 Å². The van der Waals surface area contributed by atoms with Gasteiger partial charge in [0.25, 0.3) is 0 Å². The van der Waals surface area contributed by atoms with Crippen LogP contribution in [0.3, 0.4) is 0 Å². The van der Waals surface area contributed by atoms with Crippen molar-refractivity contribution in [2.24, 2.45) is 5.92 Å². The van der Waals surface area contributed by atoms with Gasteiger partial charge in [-0.25, -0.2) is 0 Å². The summed E-state index contributed by atoms with van der Waals surface area (Å²) in [5.74, 6) is 1.34. The zero-order chi connectivity index (χ0) is 19.9. The number of likely N-dealkylation sites (tertiary alicyclic amines) is 1. The molecule has 4 saturated heterocycles. The lowest BCUT2D eigenvalue weighted by Crippen LogP contribution is -2.60. The fourth-order valence-electron chi connectivity index (χ4n) is 6.64. The van der Waals surface area contributed by atoms with Gasteiger partial charge in [0.1, 0.15) is 0 Å². The SMILES string of the molecule is c1ccc(CN2[C@H](c3ccccc3)[C@@H](c3ccccc3)[C@H]3[C@@H]2C2CCN3CC2)cc1. The first-order valence-corrected chi connectivity index (χ1v) is 11.5. The lowest BCUT2D eigenvalue weighted by Gasteiger charge is -2.51. The Labute approximate surface area is 180 Å². The van der Waals surface area contributed by atoms with Crippen LogP contribution in [0.4, 0.5) is 0 Å². The molecule has 152 valence electrons. The van der Waals surface area contributed by atoms with Crippen LogP contribution < -0.4 is 0 Å². The molecule has 2 nitrogen and oxygen atoms in total. The molecule has 0 unspecified atom stereocenters. The van der Waals surface area contributed by atoms with Crippen LogP contribution in [0.25, 0.3) is 0 Å². The summed E-state index contributed by atoms with van der Waals surface area (Å²) in [6, 6.07) is 35.4. The summed E-state index contributed by atoms with van der Waals surface area (Å²) >= 11 is 0. The Morgan fingerprint density at radius 3 is 1.83 bits per heavy atom. The highest BCUT2D eigenvalue weighted by atomic mass is 15.3. The van der Waals surface area contributed by atoms with Crippen molar-refractivity contribution < 1.29 is 0 Å². The second-order valence-corrected chi connectivity index (χ2v) is 9.30. The highest BCUT2D eigenvalue weighted by molar-refractivity contribution is 5.35. The van der Waals surface area contributed by atoms with E-state index in [1.807, 2.05) is 0 Å². The Kier molecular flexibility index (Phi) is 4.70. The van der Waals surface area contributed by atoms with E-state index in [4.69, 9.17) is 0 Å². The smallest absolute Gasteiger partial charge is 0.0439 e. The van der Waals surface area contributed by atoms with Crippen molar-refractivity contribution in [3.63, 3.8) is 0 Å². The third kappa shape index (κ3) is 3.02. The highest BCUT2D eigenvalue weighted by Crippen LogP contribution is 2.55. The van der Waals surface area contributed by atoms with Crippen molar-refractivity contribution in [2.75, 3.05) is 13.1 Å². The zero-order valence-electron chi connectivity index (χ0n) is 17.5. The van der Waals surface area contributed by atoms with Crippen LogP contribution in [0.1, 0.15) is 41.5 Å². The zero-order valence-corrected chi connectivity index (χ0v) is 17.5. The highest BCUT2D eigenvalue weighted by Gasteiger charge is 2.57. The lowest BCUT2D eigenvalue weighted by molar-refractivity contribution is -0.0125. The molecule has 4 fully saturated rings. The van der Waals surface area contributed by atoms with E-state index in [1.165, 1.54) is 42.6 Å². The Balaban J connectivity index is 1.50. The molecular formula is C28H30N2. The quantitative estimate of drug-likeness (QED) is 0.577. The number of rotatable bonds is 4. The van der Waals surface area contributed by atoms with Gasteiger partial charge in [0.15, 0.2) is 0 Å². The molecule has 7 rings (SSSR count). The fourth-order valence-corrected chi connectivity index (χ4v) is 6.64. The first-order valence-electron chi connectivity index (χ1n) is 11.5. The summed E-state index contributed by atoms with van der Waals surface area (Å²) in [5, 5.41) is 0. The molecule has 3 aromatic carbocycles. The molecule has 4 heterocycles. The maximum atomic E-state index is 2.88. The summed E-state index contributed by atoms with van der Waals surface area (Å²) < 4.78 is 0. The van der Waals surface area contributed by atoms with Gasteiger partial charge in [-0.05, 0) is 48.5 Å². The molecule has 3 aromatic rings. The number of fused-ring (bicyclic) bond motifs is 2. The van der Waals surface area contributed by atoms with E-state index in [1.54, 1.807) is 0 Å². The van der Waals surface area contributed by atoms with Gasteiger partial charge in [-0.1, -0.05) is 91.0 Å².